The summed E-state index contributed by atoms with van der Waals surface area (Å²) in [5.74, 6) is 1.76. The first-order valence-corrected chi connectivity index (χ1v) is 11.2. The molecule has 2 heterocycles. The maximum absolute atomic E-state index is 5.72. The highest BCUT2D eigenvalue weighted by Gasteiger charge is 2.35. The topological polar surface area (TPSA) is 36.5 Å². The molecule has 2 N–H and O–H groups in total. The van der Waals surface area contributed by atoms with Crippen molar-refractivity contribution in [3.63, 3.8) is 0 Å². The summed E-state index contributed by atoms with van der Waals surface area (Å²) in [7, 11) is 0. The molecule has 0 bridgehead atoms. The molecule has 2 aliphatic heterocycles. The van der Waals surface area contributed by atoms with Gasteiger partial charge in [0.1, 0.15) is 0 Å². The van der Waals surface area contributed by atoms with Gasteiger partial charge in [-0.15, -0.1) is 0 Å². The van der Waals surface area contributed by atoms with E-state index in [1.165, 1.54) is 83.8 Å². The summed E-state index contributed by atoms with van der Waals surface area (Å²) in [5, 5.41) is 7.71. The normalized spacial score (nSPS) is 38.4. The highest BCUT2D eigenvalue weighted by Crippen LogP contribution is 2.31. The van der Waals surface area contributed by atoms with E-state index >= 15 is 0 Å². The Morgan fingerprint density at radius 3 is 2.72 bits per heavy atom. The quantitative estimate of drug-likeness (QED) is 0.773. The fraction of sp³-hybridized carbons (Fsp3) is 1.00. The molecule has 0 radical (unpaired) electrons. The fourth-order valence-corrected chi connectivity index (χ4v) is 5.94. The van der Waals surface area contributed by atoms with Gasteiger partial charge in [-0.2, -0.15) is 0 Å². The minimum Gasteiger partial charge on any atom is -0.379 e. The molecule has 0 amide bonds. The Morgan fingerprint density at radius 1 is 0.960 bits per heavy atom. The Kier molecular flexibility index (Phi) is 6.68. The lowest BCUT2D eigenvalue weighted by atomic mass is 9.89. The summed E-state index contributed by atoms with van der Waals surface area (Å²) in [4.78, 5) is 2.83. The van der Waals surface area contributed by atoms with Gasteiger partial charge in [0.05, 0.1) is 13.2 Å². The molecule has 4 heteroatoms. The van der Waals surface area contributed by atoms with Crippen molar-refractivity contribution in [3.05, 3.63) is 0 Å². The van der Waals surface area contributed by atoms with Gasteiger partial charge < -0.3 is 15.4 Å². The molecule has 144 valence electrons. The zero-order valence-corrected chi connectivity index (χ0v) is 16.1. The second kappa shape index (κ2) is 9.16. The number of hydrogen-bond acceptors (Lipinski definition) is 4. The third-order valence-electron chi connectivity index (χ3n) is 7.37. The first kappa shape index (κ1) is 18.2. The van der Waals surface area contributed by atoms with Gasteiger partial charge in [-0.3, -0.25) is 4.90 Å². The van der Waals surface area contributed by atoms with Crippen LogP contribution in [0.25, 0.3) is 0 Å². The van der Waals surface area contributed by atoms with Gasteiger partial charge >= 0.3 is 0 Å². The summed E-state index contributed by atoms with van der Waals surface area (Å²) in [6.07, 6.45) is 14.3. The van der Waals surface area contributed by atoms with Crippen LogP contribution < -0.4 is 10.6 Å². The highest BCUT2D eigenvalue weighted by molar-refractivity contribution is 4.93. The number of hydrogen-bond donors (Lipinski definition) is 2. The van der Waals surface area contributed by atoms with Crippen LogP contribution in [-0.4, -0.2) is 62.4 Å². The zero-order valence-electron chi connectivity index (χ0n) is 16.1. The van der Waals surface area contributed by atoms with Crippen molar-refractivity contribution in [3.8, 4) is 0 Å². The standard InChI is InChI=1S/C21H39N3O/c1-2-6-17(7-3-1)15-24-12-5-8-18(24)14-23-20-10-4-9-19(20)21-16-25-13-11-22-21/h17-23H,1-16H2. The van der Waals surface area contributed by atoms with Crippen LogP contribution in [0.4, 0.5) is 0 Å². The van der Waals surface area contributed by atoms with E-state index in [0.717, 1.165) is 37.6 Å². The predicted molar refractivity (Wildman–Crippen MR) is 103 cm³/mol. The lowest BCUT2D eigenvalue weighted by molar-refractivity contribution is 0.0519. The second-order valence-electron chi connectivity index (χ2n) is 9.04. The Labute approximate surface area is 154 Å². The van der Waals surface area contributed by atoms with Crippen molar-refractivity contribution >= 4 is 0 Å². The molecule has 0 aromatic heterocycles. The van der Waals surface area contributed by atoms with E-state index in [9.17, 15) is 0 Å². The van der Waals surface area contributed by atoms with Crippen molar-refractivity contribution in [2.24, 2.45) is 11.8 Å². The number of rotatable bonds is 6. The number of likely N-dealkylation sites (tertiary alicyclic amines) is 1. The third kappa shape index (κ3) is 4.77. The van der Waals surface area contributed by atoms with E-state index in [0.29, 0.717) is 12.1 Å². The van der Waals surface area contributed by atoms with E-state index in [2.05, 4.69) is 15.5 Å². The van der Waals surface area contributed by atoms with Crippen LogP contribution in [-0.2, 0) is 4.74 Å². The molecule has 4 nitrogen and oxygen atoms in total. The highest BCUT2D eigenvalue weighted by atomic mass is 16.5. The summed E-state index contributed by atoms with van der Waals surface area (Å²) >= 11 is 0. The number of nitrogens with zero attached hydrogens (tertiary/aromatic N) is 1. The molecular formula is C21H39N3O. The summed E-state index contributed by atoms with van der Waals surface area (Å²) in [6, 6.07) is 2.07. The molecule has 2 saturated heterocycles. The summed E-state index contributed by atoms with van der Waals surface area (Å²) in [5.41, 5.74) is 0. The number of nitrogens with one attached hydrogen (secondary N) is 2. The zero-order chi connectivity index (χ0) is 16.9. The van der Waals surface area contributed by atoms with E-state index in [-0.39, 0.29) is 0 Å². The fourth-order valence-electron chi connectivity index (χ4n) is 5.94. The van der Waals surface area contributed by atoms with Gasteiger partial charge in [-0.25, -0.2) is 0 Å². The van der Waals surface area contributed by atoms with E-state index in [4.69, 9.17) is 4.74 Å². The summed E-state index contributed by atoms with van der Waals surface area (Å²) < 4.78 is 5.72. The van der Waals surface area contributed by atoms with E-state index < -0.39 is 0 Å². The maximum atomic E-state index is 5.72. The Hall–Kier alpha value is -0.160. The molecule has 4 rings (SSSR count). The first-order valence-electron chi connectivity index (χ1n) is 11.2. The van der Waals surface area contributed by atoms with E-state index in [1.807, 2.05) is 0 Å². The molecule has 0 aromatic rings. The van der Waals surface area contributed by atoms with Crippen LogP contribution in [0.5, 0.6) is 0 Å². The summed E-state index contributed by atoms with van der Waals surface area (Å²) in [6.45, 7) is 6.76. The number of ether oxygens (including phenoxy) is 1. The lowest BCUT2D eigenvalue weighted by Gasteiger charge is -2.35. The van der Waals surface area contributed by atoms with Crippen molar-refractivity contribution in [2.45, 2.75) is 82.3 Å². The van der Waals surface area contributed by atoms with Crippen LogP contribution in [0.1, 0.15) is 64.2 Å². The van der Waals surface area contributed by atoms with E-state index in [1.54, 1.807) is 0 Å². The lowest BCUT2D eigenvalue weighted by Crippen LogP contribution is -2.52. The molecule has 4 atom stereocenters. The van der Waals surface area contributed by atoms with Crippen molar-refractivity contribution < 1.29 is 4.74 Å². The van der Waals surface area contributed by atoms with Crippen LogP contribution in [0, 0.1) is 11.8 Å². The molecule has 4 unspecified atom stereocenters. The molecule has 2 aliphatic carbocycles. The van der Waals surface area contributed by atoms with Crippen molar-refractivity contribution in [2.75, 3.05) is 39.4 Å². The third-order valence-corrected chi connectivity index (χ3v) is 7.37. The average Bonchev–Trinajstić information content (AvgIpc) is 3.31. The Morgan fingerprint density at radius 2 is 1.88 bits per heavy atom. The first-order chi connectivity index (χ1) is 12.4. The van der Waals surface area contributed by atoms with Gasteiger partial charge in [-0.1, -0.05) is 25.7 Å². The van der Waals surface area contributed by atoms with Gasteiger partial charge in [0, 0.05) is 37.8 Å². The molecule has 0 spiro atoms. The molecule has 2 saturated carbocycles. The SMILES string of the molecule is C1CCC(CN2CCCC2CNC2CCCC2C2COCCN2)CC1. The van der Waals surface area contributed by atoms with Gasteiger partial charge in [-0.05, 0) is 56.9 Å². The number of morpholine rings is 1. The molecule has 0 aromatic carbocycles. The average molecular weight is 350 g/mol. The smallest absolute Gasteiger partial charge is 0.0623 e. The van der Waals surface area contributed by atoms with Gasteiger partial charge in [0.25, 0.3) is 0 Å². The maximum Gasteiger partial charge on any atom is 0.0623 e. The van der Waals surface area contributed by atoms with Crippen LogP contribution in [0.15, 0.2) is 0 Å². The van der Waals surface area contributed by atoms with Gasteiger partial charge in [0.2, 0.25) is 0 Å². The monoisotopic (exact) mass is 349 g/mol. The van der Waals surface area contributed by atoms with Gasteiger partial charge in [0.15, 0.2) is 0 Å². The minimum atomic E-state index is 0.579. The minimum absolute atomic E-state index is 0.579. The van der Waals surface area contributed by atoms with Crippen LogP contribution >= 0.6 is 0 Å². The van der Waals surface area contributed by atoms with Crippen LogP contribution in [0.3, 0.4) is 0 Å². The van der Waals surface area contributed by atoms with Crippen molar-refractivity contribution in [1.82, 2.24) is 15.5 Å². The van der Waals surface area contributed by atoms with Crippen LogP contribution in [0.2, 0.25) is 0 Å². The molecule has 4 fully saturated rings. The molecular weight excluding hydrogens is 310 g/mol. The molecule has 25 heavy (non-hydrogen) atoms. The Bertz CT molecular complexity index is 393. The molecule has 4 aliphatic rings. The Balaban J connectivity index is 1.24. The van der Waals surface area contributed by atoms with Crippen molar-refractivity contribution in [1.29, 1.82) is 0 Å². The second-order valence-corrected chi connectivity index (χ2v) is 9.04. The predicted octanol–water partition coefficient (Wildman–Crippen LogP) is 2.78. The largest absolute Gasteiger partial charge is 0.379 e.